The van der Waals surface area contributed by atoms with Crippen LogP contribution in [-0.4, -0.2) is 25.2 Å². The summed E-state index contributed by atoms with van der Waals surface area (Å²) in [5.41, 5.74) is 7.29. The van der Waals surface area contributed by atoms with Crippen LogP contribution in [0.1, 0.15) is 38.2 Å². The summed E-state index contributed by atoms with van der Waals surface area (Å²) in [4.78, 5) is 0. The SMILES string of the molecule is COc1ccc(CC(C)NC2CCC(N)CC2)cc1. The average molecular weight is 262 g/mol. The molecule has 1 fully saturated rings. The number of hydrogen-bond acceptors (Lipinski definition) is 3. The molecule has 0 amide bonds. The maximum absolute atomic E-state index is 5.94. The Kier molecular flexibility index (Phi) is 5.23. The molecule has 0 spiro atoms. The summed E-state index contributed by atoms with van der Waals surface area (Å²) in [7, 11) is 1.70. The van der Waals surface area contributed by atoms with Crippen molar-refractivity contribution in [1.29, 1.82) is 0 Å². The van der Waals surface area contributed by atoms with Crippen molar-refractivity contribution >= 4 is 0 Å². The molecule has 1 aliphatic carbocycles. The van der Waals surface area contributed by atoms with Crippen LogP contribution in [0.5, 0.6) is 5.75 Å². The Labute approximate surface area is 116 Å². The molecule has 0 aromatic heterocycles. The lowest BCUT2D eigenvalue weighted by atomic mass is 9.91. The van der Waals surface area contributed by atoms with Crippen LogP contribution >= 0.6 is 0 Å². The van der Waals surface area contributed by atoms with E-state index in [4.69, 9.17) is 10.5 Å². The first-order valence-corrected chi connectivity index (χ1v) is 7.32. The summed E-state index contributed by atoms with van der Waals surface area (Å²) in [6.45, 7) is 2.26. The second-order valence-electron chi connectivity index (χ2n) is 5.73. The zero-order chi connectivity index (χ0) is 13.7. The Morgan fingerprint density at radius 1 is 1.21 bits per heavy atom. The van der Waals surface area contributed by atoms with Crippen LogP contribution < -0.4 is 15.8 Å². The van der Waals surface area contributed by atoms with E-state index in [2.05, 4.69) is 24.4 Å². The monoisotopic (exact) mass is 262 g/mol. The number of nitrogens with two attached hydrogens (primary N) is 1. The summed E-state index contributed by atoms with van der Waals surface area (Å²) in [5.74, 6) is 0.922. The van der Waals surface area contributed by atoms with Gasteiger partial charge in [-0.05, 0) is 56.7 Å². The Hall–Kier alpha value is -1.06. The van der Waals surface area contributed by atoms with Crippen LogP contribution in [0.25, 0.3) is 0 Å². The number of nitrogens with one attached hydrogen (secondary N) is 1. The van der Waals surface area contributed by atoms with Crippen molar-refractivity contribution in [2.45, 2.75) is 57.2 Å². The van der Waals surface area contributed by atoms with Crippen LogP contribution in [0, 0.1) is 0 Å². The average Bonchev–Trinajstić information content (AvgIpc) is 2.42. The van der Waals surface area contributed by atoms with Gasteiger partial charge in [0.1, 0.15) is 5.75 Å². The third-order valence-corrected chi connectivity index (χ3v) is 3.99. The molecular formula is C16H26N2O. The summed E-state index contributed by atoms with van der Waals surface area (Å²) in [6, 6.07) is 9.93. The van der Waals surface area contributed by atoms with Crippen LogP contribution in [0.3, 0.4) is 0 Å². The van der Waals surface area contributed by atoms with Gasteiger partial charge in [-0.1, -0.05) is 12.1 Å². The van der Waals surface area contributed by atoms with Gasteiger partial charge in [-0.15, -0.1) is 0 Å². The highest BCUT2D eigenvalue weighted by molar-refractivity contribution is 5.27. The van der Waals surface area contributed by atoms with Crippen molar-refractivity contribution in [2.24, 2.45) is 5.73 Å². The quantitative estimate of drug-likeness (QED) is 0.857. The van der Waals surface area contributed by atoms with Crippen LogP contribution in [0.15, 0.2) is 24.3 Å². The first kappa shape index (κ1) is 14.4. The van der Waals surface area contributed by atoms with Crippen LogP contribution in [0.4, 0.5) is 0 Å². The Bertz CT molecular complexity index is 369. The molecule has 3 N–H and O–H groups in total. The second-order valence-corrected chi connectivity index (χ2v) is 5.73. The van der Waals surface area contributed by atoms with E-state index in [1.807, 2.05) is 12.1 Å². The largest absolute Gasteiger partial charge is 0.497 e. The van der Waals surface area contributed by atoms with Gasteiger partial charge in [0.25, 0.3) is 0 Å². The minimum absolute atomic E-state index is 0.426. The van der Waals surface area contributed by atoms with Crippen molar-refractivity contribution in [3.8, 4) is 5.75 Å². The predicted octanol–water partition coefficient (Wildman–Crippen LogP) is 2.49. The third kappa shape index (κ3) is 4.51. The Balaban J connectivity index is 1.78. The number of benzene rings is 1. The van der Waals surface area contributed by atoms with E-state index in [0.717, 1.165) is 25.0 Å². The number of hydrogen-bond donors (Lipinski definition) is 2. The Morgan fingerprint density at radius 2 is 1.84 bits per heavy atom. The molecule has 0 heterocycles. The standard InChI is InChI=1S/C16H26N2O/c1-12(18-15-7-5-14(17)6-8-15)11-13-3-9-16(19-2)10-4-13/h3-4,9-10,12,14-15,18H,5-8,11,17H2,1-2H3. The third-order valence-electron chi connectivity index (χ3n) is 3.99. The minimum atomic E-state index is 0.426. The molecule has 1 atom stereocenters. The lowest BCUT2D eigenvalue weighted by molar-refractivity contribution is 0.319. The summed E-state index contributed by atoms with van der Waals surface area (Å²) in [5, 5.41) is 3.73. The van der Waals surface area contributed by atoms with Crippen LogP contribution in [0.2, 0.25) is 0 Å². The fraction of sp³-hybridized carbons (Fsp3) is 0.625. The second kappa shape index (κ2) is 6.92. The van der Waals surface area contributed by atoms with Gasteiger partial charge in [-0.3, -0.25) is 0 Å². The lowest BCUT2D eigenvalue weighted by Gasteiger charge is -2.29. The van der Waals surface area contributed by atoms with E-state index in [1.54, 1.807) is 7.11 Å². The van der Waals surface area contributed by atoms with Gasteiger partial charge in [0.2, 0.25) is 0 Å². The number of methoxy groups -OCH3 is 1. The number of ether oxygens (including phenoxy) is 1. The van der Waals surface area contributed by atoms with Crippen molar-refractivity contribution in [2.75, 3.05) is 7.11 Å². The van der Waals surface area contributed by atoms with Crippen molar-refractivity contribution < 1.29 is 4.74 Å². The van der Waals surface area contributed by atoms with E-state index in [0.29, 0.717) is 18.1 Å². The Morgan fingerprint density at radius 3 is 2.42 bits per heavy atom. The highest BCUT2D eigenvalue weighted by Gasteiger charge is 2.19. The topological polar surface area (TPSA) is 47.3 Å². The van der Waals surface area contributed by atoms with Gasteiger partial charge < -0.3 is 15.8 Å². The molecule has 3 nitrogen and oxygen atoms in total. The van der Waals surface area contributed by atoms with E-state index < -0.39 is 0 Å². The molecule has 1 unspecified atom stereocenters. The molecule has 0 aliphatic heterocycles. The van der Waals surface area contributed by atoms with E-state index >= 15 is 0 Å². The van der Waals surface area contributed by atoms with Gasteiger partial charge in [-0.2, -0.15) is 0 Å². The molecule has 3 heteroatoms. The fourth-order valence-electron chi connectivity index (χ4n) is 2.86. The molecule has 1 aliphatic rings. The van der Waals surface area contributed by atoms with Gasteiger partial charge in [0, 0.05) is 18.1 Å². The van der Waals surface area contributed by atoms with Crippen molar-refractivity contribution in [3.63, 3.8) is 0 Å². The highest BCUT2D eigenvalue weighted by atomic mass is 16.5. The maximum Gasteiger partial charge on any atom is 0.118 e. The molecule has 0 bridgehead atoms. The predicted molar refractivity (Wildman–Crippen MR) is 79.5 cm³/mol. The first-order valence-electron chi connectivity index (χ1n) is 7.32. The summed E-state index contributed by atoms with van der Waals surface area (Å²) in [6.07, 6.45) is 5.81. The fourth-order valence-corrected chi connectivity index (χ4v) is 2.86. The normalized spacial score (nSPS) is 25.0. The van der Waals surface area contributed by atoms with Gasteiger partial charge in [0.15, 0.2) is 0 Å². The van der Waals surface area contributed by atoms with Crippen molar-refractivity contribution in [3.05, 3.63) is 29.8 Å². The molecule has 0 radical (unpaired) electrons. The first-order chi connectivity index (χ1) is 9.17. The van der Waals surface area contributed by atoms with E-state index in [-0.39, 0.29) is 0 Å². The maximum atomic E-state index is 5.94. The molecule has 2 rings (SSSR count). The van der Waals surface area contributed by atoms with Gasteiger partial charge in [0.05, 0.1) is 7.11 Å². The summed E-state index contributed by atoms with van der Waals surface area (Å²) >= 11 is 0. The van der Waals surface area contributed by atoms with Crippen LogP contribution in [-0.2, 0) is 6.42 Å². The van der Waals surface area contributed by atoms with Gasteiger partial charge >= 0.3 is 0 Å². The lowest BCUT2D eigenvalue weighted by Crippen LogP contribution is -2.42. The number of rotatable bonds is 5. The molecule has 1 saturated carbocycles. The zero-order valence-corrected chi connectivity index (χ0v) is 12.1. The smallest absolute Gasteiger partial charge is 0.118 e. The molecule has 1 aromatic rings. The molecule has 1 aromatic carbocycles. The van der Waals surface area contributed by atoms with Gasteiger partial charge in [-0.25, -0.2) is 0 Å². The molecular weight excluding hydrogens is 236 g/mol. The van der Waals surface area contributed by atoms with E-state index in [1.165, 1.54) is 18.4 Å². The zero-order valence-electron chi connectivity index (χ0n) is 12.1. The van der Waals surface area contributed by atoms with Crippen molar-refractivity contribution in [1.82, 2.24) is 5.32 Å². The highest BCUT2D eigenvalue weighted by Crippen LogP contribution is 2.18. The molecule has 19 heavy (non-hydrogen) atoms. The summed E-state index contributed by atoms with van der Waals surface area (Å²) < 4.78 is 5.18. The molecule has 0 saturated heterocycles. The minimum Gasteiger partial charge on any atom is -0.497 e. The molecule has 106 valence electrons. The van der Waals surface area contributed by atoms with E-state index in [9.17, 15) is 0 Å².